The molecule has 23 heavy (non-hydrogen) atoms. The summed E-state index contributed by atoms with van der Waals surface area (Å²) in [6, 6.07) is 1.92. The molecule has 0 aliphatic heterocycles. The summed E-state index contributed by atoms with van der Waals surface area (Å²) in [4.78, 5) is 17.2. The first kappa shape index (κ1) is 15.9. The zero-order chi connectivity index (χ0) is 16.4. The van der Waals surface area contributed by atoms with Crippen molar-refractivity contribution in [2.45, 2.75) is 45.4 Å². The largest absolute Gasteiger partial charge is 0.351 e. The lowest BCUT2D eigenvalue weighted by Gasteiger charge is -2.09. The van der Waals surface area contributed by atoms with E-state index in [0.29, 0.717) is 23.7 Å². The predicted molar refractivity (Wildman–Crippen MR) is 88.7 cm³/mol. The Morgan fingerprint density at radius 3 is 2.83 bits per heavy atom. The van der Waals surface area contributed by atoms with Crippen LogP contribution >= 0.6 is 0 Å². The summed E-state index contributed by atoms with van der Waals surface area (Å²) in [5.41, 5.74) is 2.86. The van der Waals surface area contributed by atoms with Crippen LogP contribution in [-0.4, -0.2) is 35.7 Å². The maximum atomic E-state index is 12.7. The van der Waals surface area contributed by atoms with Gasteiger partial charge in [0, 0.05) is 24.7 Å². The number of carbonyl (C=O) groups excluding carboxylic acids is 1. The zero-order valence-corrected chi connectivity index (χ0v) is 14.0. The summed E-state index contributed by atoms with van der Waals surface area (Å²) in [6.07, 6.45) is 2.26. The van der Waals surface area contributed by atoms with E-state index in [1.807, 2.05) is 26.8 Å². The lowest BCUT2D eigenvalue weighted by Crippen LogP contribution is -2.32. The molecule has 124 valence electrons. The highest BCUT2D eigenvalue weighted by molar-refractivity contribution is 6.06. The van der Waals surface area contributed by atoms with E-state index >= 15 is 0 Å². The molecule has 6 nitrogen and oxygen atoms in total. The van der Waals surface area contributed by atoms with Gasteiger partial charge in [-0.25, -0.2) is 4.98 Å². The first-order chi connectivity index (χ1) is 11.1. The van der Waals surface area contributed by atoms with Crippen molar-refractivity contribution in [3.63, 3.8) is 0 Å². The third kappa shape index (κ3) is 3.37. The minimum Gasteiger partial charge on any atom is -0.351 e. The predicted octanol–water partition coefficient (Wildman–Crippen LogP) is 2.56. The topological polar surface area (TPSA) is 80.0 Å². The zero-order valence-electron chi connectivity index (χ0n) is 14.0. The van der Waals surface area contributed by atoms with Gasteiger partial charge in [-0.3, -0.25) is 4.79 Å². The smallest absolute Gasteiger partial charge is 0.259 e. The van der Waals surface area contributed by atoms with Gasteiger partial charge in [0.1, 0.15) is 0 Å². The van der Waals surface area contributed by atoms with Crippen LogP contribution in [0.5, 0.6) is 0 Å². The van der Waals surface area contributed by atoms with Crippen molar-refractivity contribution < 1.29 is 9.32 Å². The molecule has 0 spiro atoms. The lowest BCUT2D eigenvalue weighted by atomic mass is 10.0. The standard InChI is InChI=1S/C17H24N4O2/c1-4-18-7-8-19-16(22)12-9-13(11-5-6-11)20-17-14(12)15(10(2)3)21-23-17/h9-11,18H,4-8H2,1-3H3,(H,19,22). The number of nitrogens with zero attached hydrogens (tertiary/aromatic N) is 2. The van der Waals surface area contributed by atoms with Crippen molar-refractivity contribution >= 4 is 17.0 Å². The second-order valence-electron chi connectivity index (χ2n) is 6.38. The Morgan fingerprint density at radius 2 is 2.17 bits per heavy atom. The molecule has 0 saturated heterocycles. The van der Waals surface area contributed by atoms with Crippen LogP contribution in [0.3, 0.4) is 0 Å². The van der Waals surface area contributed by atoms with Crippen molar-refractivity contribution in [3.05, 3.63) is 23.0 Å². The normalized spacial score (nSPS) is 14.6. The van der Waals surface area contributed by atoms with Gasteiger partial charge in [-0.1, -0.05) is 25.9 Å². The number of carbonyl (C=O) groups is 1. The molecular formula is C17H24N4O2. The highest BCUT2D eigenvalue weighted by atomic mass is 16.5. The fourth-order valence-electron chi connectivity index (χ4n) is 2.69. The van der Waals surface area contributed by atoms with E-state index in [9.17, 15) is 4.79 Å². The van der Waals surface area contributed by atoms with Crippen LogP contribution in [0, 0.1) is 0 Å². The molecule has 2 N–H and O–H groups in total. The van der Waals surface area contributed by atoms with Gasteiger partial charge < -0.3 is 15.2 Å². The van der Waals surface area contributed by atoms with E-state index in [1.54, 1.807) is 0 Å². The van der Waals surface area contributed by atoms with Crippen molar-refractivity contribution in [1.82, 2.24) is 20.8 Å². The molecule has 1 aliphatic rings. The van der Waals surface area contributed by atoms with Crippen LogP contribution < -0.4 is 10.6 Å². The molecule has 6 heteroatoms. The summed E-state index contributed by atoms with van der Waals surface area (Å²) in [6.45, 7) is 8.37. The van der Waals surface area contributed by atoms with E-state index in [4.69, 9.17) is 4.52 Å². The number of nitrogens with one attached hydrogen (secondary N) is 2. The van der Waals surface area contributed by atoms with Gasteiger partial charge in [0.25, 0.3) is 11.6 Å². The molecule has 2 aromatic heterocycles. The molecule has 1 saturated carbocycles. The highest BCUT2D eigenvalue weighted by Gasteiger charge is 2.29. The summed E-state index contributed by atoms with van der Waals surface area (Å²) in [5.74, 6) is 0.556. The van der Waals surface area contributed by atoms with Gasteiger partial charge in [-0.05, 0) is 31.4 Å². The molecule has 2 aromatic rings. The van der Waals surface area contributed by atoms with Crippen LogP contribution in [0.1, 0.15) is 67.2 Å². The first-order valence-electron chi connectivity index (χ1n) is 8.41. The van der Waals surface area contributed by atoms with Gasteiger partial charge in [0.15, 0.2) is 0 Å². The molecule has 0 bridgehead atoms. The Labute approximate surface area is 136 Å². The van der Waals surface area contributed by atoms with E-state index in [0.717, 1.165) is 42.7 Å². The second-order valence-corrected chi connectivity index (χ2v) is 6.38. The average molecular weight is 316 g/mol. The van der Waals surface area contributed by atoms with Crippen LogP contribution in [0.15, 0.2) is 10.6 Å². The Hall–Kier alpha value is -1.95. The number of hydrogen-bond donors (Lipinski definition) is 2. The first-order valence-corrected chi connectivity index (χ1v) is 8.41. The average Bonchev–Trinajstić information content (AvgIpc) is 3.29. The molecule has 0 atom stereocenters. The Bertz CT molecular complexity index is 704. The molecular weight excluding hydrogens is 292 g/mol. The summed E-state index contributed by atoms with van der Waals surface area (Å²) >= 11 is 0. The fraction of sp³-hybridized carbons (Fsp3) is 0.588. The van der Waals surface area contributed by atoms with Gasteiger partial charge in [0.2, 0.25) is 0 Å². The molecule has 0 unspecified atom stereocenters. The molecule has 1 fully saturated rings. The fourth-order valence-corrected chi connectivity index (χ4v) is 2.69. The van der Waals surface area contributed by atoms with Crippen LogP contribution in [-0.2, 0) is 0 Å². The number of likely N-dealkylation sites (N-methyl/N-ethyl adjacent to an activating group) is 1. The van der Waals surface area contributed by atoms with Gasteiger partial charge in [-0.15, -0.1) is 0 Å². The van der Waals surface area contributed by atoms with Crippen LogP contribution in [0.4, 0.5) is 0 Å². The second kappa shape index (κ2) is 6.66. The van der Waals surface area contributed by atoms with Crippen molar-refractivity contribution in [2.75, 3.05) is 19.6 Å². The Balaban J connectivity index is 1.94. The number of rotatable bonds is 7. The van der Waals surface area contributed by atoms with E-state index in [-0.39, 0.29) is 11.8 Å². The van der Waals surface area contributed by atoms with Crippen LogP contribution in [0.2, 0.25) is 0 Å². The number of aromatic nitrogens is 2. The summed E-state index contributed by atoms with van der Waals surface area (Å²) < 4.78 is 5.41. The van der Waals surface area contributed by atoms with E-state index in [1.165, 1.54) is 0 Å². The quantitative estimate of drug-likeness (QED) is 0.767. The van der Waals surface area contributed by atoms with Crippen molar-refractivity contribution in [2.24, 2.45) is 0 Å². The van der Waals surface area contributed by atoms with Gasteiger partial charge in [0.05, 0.1) is 16.6 Å². The SMILES string of the molecule is CCNCCNC(=O)c1cc(C2CC2)nc2onc(C(C)C)c12. The third-order valence-electron chi connectivity index (χ3n) is 4.12. The molecule has 3 rings (SSSR count). The molecule has 0 radical (unpaired) electrons. The van der Waals surface area contributed by atoms with E-state index < -0.39 is 0 Å². The lowest BCUT2D eigenvalue weighted by molar-refractivity contribution is 0.0955. The molecule has 1 aliphatic carbocycles. The van der Waals surface area contributed by atoms with Gasteiger partial charge >= 0.3 is 0 Å². The maximum absolute atomic E-state index is 12.7. The number of hydrogen-bond acceptors (Lipinski definition) is 5. The van der Waals surface area contributed by atoms with Gasteiger partial charge in [-0.2, -0.15) is 0 Å². The Kier molecular flexibility index (Phi) is 4.61. The summed E-state index contributed by atoms with van der Waals surface area (Å²) in [5, 5.41) is 11.1. The van der Waals surface area contributed by atoms with E-state index in [2.05, 4.69) is 20.8 Å². The Morgan fingerprint density at radius 1 is 1.39 bits per heavy atom. The molecule has 2 heterocycles. The highest BCUT2D eigenvalue weighted by Crippen LogP contribution is 2.40. The van der Waals surface area contributed by atoms with Crippen molar-refractivity contribution in [1.29, 1.82) is 0 Å². The van der Waals surface area contributed by atoms with Crippen molar-refractivity contribution in [3.8, 4) is 0 Å². The number of amides is 1. The maximum Gasteiger partial charge on any atom is 0.259 e. The third-order valence-corrected chi connectivity index (χ3v) is 4.12. The number of pyridine rings is 1. The molecule has 0 aromatic carbocycles. The molecule has 1 amide bonds. The van der Waals surface area contributed by atoms with Crippen LogP contribution in [0.25, 0.3) is 11.1 Å². The minimum atomic E-state index is -0.0812. The monoisotopic (exact) mass is 316 g/mol. The minimum absolute atomic E-state index is 0.0812. The number of fused-ring (bicyclic) bond motifs is 1. The summed E-state index contributed by atoms with van der Waals surface area (Å²) in [7, 11) is 0.